The lowest BCUT2D eigenvalue weighted by atomic mass is 10.0. The van der Waals surface area contributed by atoms with Crippen LogP contribution in [0.5, 0.6) is 0 Å². The quantitative estimate of drug-likeness (QED) is 0.677. The van der Waals surface area contributed by atoms with E-state index < -0.39 is 5.60 Å². The van der Waals surface area contributed by atoms with E-state index in [0.29, 0.717) is 38.5 Å². The monoisotopic (exact) mass is 450 g/mol. The molecule has 2 aromatic heterocycles. The molecule has 3 rings (SSSR count). The summed E-state index contributed by atoms with van der Waals surface area (Å²) in [5, 5.41) is 10.00. The number of carbonyl (C=O) groups excluding carboxylic acids is 2. The Morgan fingerprint density at radius 2 is 2.10 bits per heavy atom. The maximum atomic E-state index is 12.5. The van der Waals surface area contributed by atoms with Gasteiger partial charge in [-0.2, -0.15) is 0 Å². The summed E-state index contributed by atoms with van der Waals surface area (Å²) in [7, 11) is 0. The lowest BCUT2D eigenvalue weighted by molar-refractivity contribution is -0.116. The maximum Gasteiger partial charge on any atom is 0.410 e. The summed E-state index contributed by atoms with van der Waals surface area (Å²) in [6, 6.07) is 0.344. The van der Waals surface area contributed by atoms with Crippen molar-refractivity contribution in [2.75, 3.05) is 18.4 Å². The largest absolute Gasteiger partial charge is 0.444 e. The van der Waals surface area contributed by atoms with Crippen molar-refractivity contribution in [1.29, 1.82) is 0 Å². The molecule has 1 aliphatic heterocycles. The molecule has 0 aliphatic carbocycles. The van der Waals surface area contributed by atoms with Crippen LogP contribution in [0, 0.1) is 0 Å². The van der Waals surface area contributed by atoms with Gasteiger partial charge in [-0.1, -0.05) is 13.8 Å². The lowest BCUT2D eigenvalue weighted by Crippen LogP contribution is -2.39. The molecule has 0 saturated heterocycles. The summed E-state index contributed by atoms with van der Waals surface area (Å²) in [5.74, 6) is -0.0245. The second-order valence-corrected chi connectivity index (χ2v) is 10.6. The number of hydrogen-bond acceptors (Lipinski definition) is 7. The highest BCUT2D eigenvalue weighted by atomic mass is 32.1. The Labute approximate surface area is 185 Å². The molecule has 1 aliphatic rings. The SMILES string of the molecule is CC(C)NCCC(=O)Nc1sc2c(c1-c1nccs1)CCN(C(=O)OC(C)(C)C)C2. The summed E-state index contributed by atoms with van der Waals surface area (Å²) in [4.78, 5) is 32.3. The van der Waals surface area contributed by atoms with Gasteiger partial charge in [0.15, 0.2) is 0 Å². The van der Waals surface area contributed by atoms with E-state index in [4.69, 9.17) is 4.74 Å². The number of rotatable bonds is 6. The molecule has 0 atom stereocenters. The molecule has 9 heteroatoms. The average molecular weight is 451 g/mol. The molecule has 2 aromatic rings. The van der Waals surface area contributed by atoms with E-state index in [1.807, 2.05) is 26.2 Å². The first-order valence-electron chi connectivity index (χ1n) is 10.2. The third kappa shape index (κ3) is 5.80. The van der Waals surface area contributed by atoms with Crippen molar-refractivity contribution in [3.05, 3.63) is 22.0 Å². The van der Waals surface area contributed by atoms with Crippen LogP contribution in [0.25, 0.3) is 10.6 Å². The Hall–Kier alpha value is -1.97. The predicted octanol–water partition coefficient (Wildman–Crippen LogP) is 4.49. The van der Waals surface area contributed by atoms with Gasteiger partial charge in [0.05, 0.1) is 6.54 Å². The highest BCUT2D eigenvalue weighted by Gasteiger charge is 2.31. The van der Waals surface area contributed by atoms with Crippen LogP contribution in [0.3, 0.4) is 0 Å². The number of nitrogens with zero attached hydrogens (tertiary/aromatic N) is 2. The van der Waals surface area contributed by atoms with E-state index in [1.165, 1.54) is 16.9 Å². The van der Waals surface area contributed by atoms with Gasteiger partial charge in [-0.15, -0.1) is 22.7 Å². The van der Waals surface area contributed by atoms with Gasteiger partial charge < -0.3 is 20.3 Å². The third-order valence-electron chi connectivity index (χ3n) is 4.51. The average Bonchev–Trinajstić information content (AvgIpc) is 3.26. The molecule has 0 spiro atoms. The Kier molecular flexibility index (Phi) is 7.15. The van der Waals surface area contributed by atoms with Gasteiger partial charge in [-0.05, 0) is 32.8 Å². The minimum atomic E-state index is -0.526. The number of ether oxygens (including phenoxy) is 1. The molecule has 7 nitrogen and oxygen atoms in total. The fourth-order valence-electron chi connectivity index (χ4n) is 3.21. The Morgan fingerprint density at radius 3 is 2.73 bits per heavy atom. The number of aromatic nitrogens is 1. The van der Waals surface area contributed by atoms with Gasteiger partial charge in [0.1, 0.15) is 15.6 Å². The van der Waals surface area contributed by atoms with Crippen LogP contribution in [0.1, 0.15) is 51.5 Å². The second-order valence-electron chi connectivity index (χ2n) is 8.60. The van der Waals surface area contributed by atoms with Crippen molar-refractivity contribution in [3.63, 3.8) is 0 Å². The van der Waals surface area contributed by atoms with Crippen LogP contribution in [-0.4, -0.2) is 46.6 Å². The number of carbonyl (C=O) groups is 2. The number of thiophene rings is 1. The zero-order chi connectivity index (χ0) is 21.9. The van der Waals surface area contributed by atoms with E-state index in [0.717, 1.165) is 20.4 Å². The van der Waals surface area contributed by atoms with Crippen LogP contribution >= 0.6 is 22.7 Å². The zero-order valence-corrected chi connectivity index (χ0v) is 19.8. The van der Waals surface area contributed by atoms with Crippen LogP contribution in [0.4, 0.5) is 9.80 Å². The first kappa shape index (κ1) is 22.7. The number of amides is 2. The topological polar surface area (TPSA) is 83.6 Å². The molecule has 30 heavy (non-hydrogen) atoms. The van der Waals surface area contributed by atoms with Crippen LogP contribution in [-0.2, 0) is 22.5 Å². The van der Waals surface area contributed by atoms with Crippen molar-refractivity contribution < 1.29 is 14.3 Å². The maximum absolute atomic E-state index is 12.5. The molecule has 0 radical (unpaired) electrons. The van der Waals surface area contributed by atoms with Crippen LogP contribution < -0.4 is 10.6 Å². The summed E-state index contributed by atoms with van der Waals surface area (Å²) in [5.41, 5.74) is 1.64. The summed E-state index contributed by atoms with van der Waals surface area (Å²) in [6.07, 6.45) is 2.59. The summed E-state index contributed by atoms with van der Waals surface area (Å²) >= 11 is 3.09. The van der Waals surface area contributed by atoms with E-state index in [1.54, 1.807) is 22.4 Å². The smallest absolute Gasteiger partial charge is 0.410 e. The molecular weight excluding hydrogens is 420 g/mol. The summed E-state index contributed by atoms with van der Waals surface area (Å²) in [6.45, 7) is 11.4. The van der Waals surface area contributed by atoms with Gasteiger partial charge in [-0.3, -0.25) is 4.79 Å². The van der Waals surface area contributed by atoms with Crippen LogP contribution in [0.15, 0.2) is 11.6 Å². The molecule has 0 fully saturated rings. The number of fused-ring (bicyclic) bond motifs is 1. The minimum absolute atomic E-state index is 0.0245. The number of thiazole rings is 1. The van der Waals surface area contributed by atoms with Gasteiger partial charge >= 0.3 is 6.09 Å². The van der Waals surface area contributed by atoms with Gasteiger partial charge in [0.2, 0.25) is 5.91 Å². The first-order valence-corrected chi connectivity index (χ1v) is 11.9. The highest BCUT2D eigenvalue weighted by molar-refractivity contribution is 7.18. The predicted molar refractivity (Wildman–Crippen MR) is 122 cm³/mol. The molecule has 0 unspecified atom stereocenters. The Balaban J connectivity index is 1.80. The van der Waals surface area contributed by atoms with Crippen LogP contribution in [0.2, 0.25) is 0 Å². The minimum Gasteiger partial charge on any atom is -0.444 e. The number of anilines is 1. The standard InChI is InChI=1S/C21H30N4O3S2/c1-13(2)22-8-6-16(26)24-19-17(18-23-9-11-29-18)14-7-10-25(12-15(14)30-19)20(27)28-21(3,4)5/h9,11,13,22H,6-8,10,12H2,1-5H3,(H,24,26). The van der Waals surface area contributed by atoms with Crippen molar-refractivity contribution in [3.8, 4) is 10.6 Å². The molecule has 0 bridgehead atoms. The molecule has 2 N–H and O–H groups in total. The summed E-state index contributed by atoms with van der Waals surface area (Å²) < 4.78 is 5.53. The molecule has 164 valence electrons. The fraction of sp³-hybridized carbons (Fsp3) is 0.571. The molecular formula is C21H30N4O3S2. The lowest BCUT2D eigenvalue weighted by Gasteiger charge is -2.30. The fourth-order valence-corrected chi connectivity index (χ4v) is 5.27. The van der Waals surface area contributed by atoms with Crippen molar-refractivity contribution in [2.45, 2.75) is 65.6 Å². The van der Waals surface area contributed by atoms with E-state index in [-0.39, 0.29) is 12.0 Å². The van der Waals surface area contributed by atoms with Crippen molar-refractivity contribution in [2.24, 2.45) is 0 Å². The second kappa shape index (κ2) is 9.45. The first-order chi connectivity index (χ1) is 14.1. The zero-order valence-electron chi connectivity index (χ0n) is 18.2. The van der Waals surface area contributed by atoms with Crippen molar-refractivity contribution >= 4 is 39.7 Å². The molecule has 0 saturated carbocycles. The van der Waals surface area contributed by atoms with E-state index in [2.05, 4.69) is 29.5 Å². The number of nitrogens with one attached hydrogen (secondary N) is 2. The van der Waals surface area contributed by atoms with Gasteiger partial charge in [0.25, 0.3) is 0 Å². The van der Waals surface area contributed by atoms with Gasteiger partial charge in [-0.25, -0.2) is 9.78 Å². The highest BCUT2D eigenvalue weighted by Crippen LogP contribution is 2.44. The Bertz CT molecular complexity index is 885. The molecule has 2 amide bonds. The normalized spacial score (nSPS) is 14.0. The molecule has 3 heterocycles. The van der Waals surface area contributed by atoms with Crippen molar-refractivity contribution in [1.82, 2.24) is 15.2 Å². The Morgan fingerprint density at radius 1 is 1.33 bits per heavy atom. The van der Waals surface area contributed by atoms with E-state index in [9.17, 15) is 9.59 Å². The molecule has 0 aromatic carbocycles. The third-order valence-corrected chi connectivity index (χ3v) is 6.44. The number of hydrogen-bond donors (Lipinski definition) is 2. The van der Waals surface area contributed by atoms with Gasteiger partial charge in [0, 0.05) is 47.6 Å². The van der Waals surface area contributed by atoms with E-state index >= 15 is 0 Å².